The number of carbonyl (C=O) groups excluding carboxylic acids is 1. The molecule has 14 nitrogen and oxygen atoms in total. The van der Waals surface area contributed by atoms with E-state index in [2.05, 4.69) is 20.0 Å². The molecule has 5 rings (SSSR count). The van der Waals surface area contributed by atoms with E-state index in [9.17, 15) is 19.6 Å². The molecule has 6 atom stereocenters. The summed E-state index contributed by atoms with van der Waals surface area (Å²) in [5.74, 6) is 0.236. The summed E-state index contributed by atoms with van der Waals surface area (Å²) >= 11 is 0. The zero-order chi connectivity index (χ0) is 33.4. The summed E-state index contributed by atoms with van der Waals surface area (Å²) in [6.07, 6.45) is -2.45. The number of nitrogens with one attached hydrogen (secondary N) is 1. The van der Waals surface area contributed by atoms with Crippen molar-refractivity contribution >= 4 is 35.7 Å². The third kappa shape index (κ3) is 7.02. The summed E-state index contributed by atoms with van der Waals surface area (Å²) in [4.78, 5) is 25.8. The van der Waals surface area contributed by atoms with Crippen molar-refractivity contribution in [2.75, 3.05) is 20.3 Å². The van der Waals surface area contributed by atoms with Crippen molar-refractivity contribution < 1.29 is 42.8 Å². The monoisotopic (exact) mass is 657 g/mol. The number of nitrogens with zero attached hydrogens (tertiary/aromatic N) is 4. The molecule has 4 aromatic rings. The van der Waals surface area contributed by atoms with Crippen molar-refractivity contribution in [3.05, 3.63) is 54.6 Å². The molecule has 2 aromatic heterocycles. The van der Waals surface area contributed by atoms with Gasteiger partial charge in [0.2, 0.25) is 5.88 Å². The lowest BCUT2D eigenvalue weighted by Crippen LogP contribution is -2.44. The molecule has 15 heteroatoms. The van der Waals surface area contributed by atoms with Crippen molar-refractivity contribution in [3.8, 4) is 11.6 Å². The van der Waals surface area contributed by atoms with Gasteiger partial charge in [-0.25, -0.2) is 14.5 Å². The molecule has 0 aliphatic carbocycles. The van der Waals surface area contributed by atoms with Crippen LogP contribution < -0.4 is 14.3 Å². The Morgan fingerprint density at radius 1 is 1.20 bits per heavy atom. The van der Waals surface area contributed by atoms with Gasteiger partial charge in [0.1, 0.15) is 35.4 Å². The molecule has 1 fully saturated rings. The summed E-state index contributed by atoms with van der Waals surface area (Å²) in [5, 5.41) is 26.8. The van der Waals surface area contributed by atoms with Crippen molar-refractivity contribution in [1.29, 1.82) is 0 Å². The minimum absolute atomic E-state index is 0.144. The lowest BCUT2D eigenvalue weighted by Gasteiger charge is -2.27. The first-order chi connectivity index (χ1) is 21.6. The fraction of sp³-hybridized carbons (Fsp3) is 0.484. The van der Waals surface area contributed by atoms with E-state index in [1.54, 1.807) is 25.1 Å². The Bertz CT molecular complexity index is 1770. The van der Waals surface area contributed by atoms with E-state index in [4.69, 9.17) is 23.3 Å². The maximum atomic E-state index is 14.4. The third-order valence-corrected chi connectivity index (χ3v) is 9.06. The van der Waals surface area contributed by atoms with Crippen LogP contribution in [0, 0.1) is 12.3 Å². The molecule has 3 heterocycles. The van der Waals surface area contributed by atoms with Gasteiger partial charge in [0.25, 0.3) is 0 Å². The van der Waals surface area contributed by atoms with Crippen molar-refractivity contribution in [3.63, 3.8) is 0 Å². The highest BCUT2D eigenvalue weighted by atomic mass is 31.2. The number of aromatic nitrogens is 4. The molecule has 46 heavy (non-hydrogen) atoms. The predicted molar refractivity (Wildman–Crippen MR) is 168 cm³/mol. The quantitative estimate of drug-likeness (QED) is 0.156. The average Bonchev–Trinajstić information content (AvgIpc) is 3.51. The molecule has 0 spiro atoms. The minimum Gasteiger partial charge on any atom is -0.479 e. The molecule has 0 bridgehead atoms. The molecular formula is C31H40N5O9P. The van der Waals surface area contributed by atoms with E-state index in [0.717, 1.165) is 5.39 Å². The van der Waals surface area contributed by atoms with Gasteiger partial charge in [-0.1, -0.05) is 57.2 Å². The van der Waals surface area contributed by atoms with Crippen molar-refractivity contribution in [2.45, 2.75) is 71.6 Å². The van der Waals surface area contributed by atoms with E-state index in [-0.39, 0.29) is 23.7 Å². The van der Waals surface area contributed by atoms with Gasteiger partial charge in [-0.15, -0.1) is 0 Å². The number of aryl methyl sites for hydroxylation is 1. The van der Waals surface area contributed by atoms with Crippen LogP contribution in [0.4, 0.5) is 0 Å². The molecular weight excluding hydrogens is 617 g/mol. The Kier molecular flexibility index (Phi) is 9.42. The third-order valence-electron chi connectivity index (χ3n) is 7.43. The van der Waals surface area contributed by atoms with Crippen LogP contribution in [0.3, 0.4) is 0 Å². The number of aliphatic hydroxyl groups is 2. The van der Waals surface area contributed by atoms with Gasteiger partial charge in [0.15, 0.2) is 17.4 Å². The molecule has 1 aliphatic heterocycles. The van der Waals surface area contributed by atoms with Crippen molar-refractivity contribution in [1.82, 2.24) is 24.6 Å². The van der Waals surface area contributed by atoms with Gasteiger partial charge in [0, 0.05) is 5.39 Å². The smallest absolute Gasteiger partial charge is 0.459 e. The number of methoxy groups -OCH3 is 1. The van der Waals surface area contributed by atoms with Crippen LogP contribution in [0.5, 0.6) is 11.6 Å². The summed E-state index contributed by atoms with van der Waals surface area (Å²) < 4.78 is 44.5. The molecule has 2 aromatic carbocycles. The number of hydrogen-bond acceptors (Lipinski definition) is 12. The molecule has 0 saturated carbocycles. The number of esters is 1. The number of imidazole rings is 1. The summed E-state index contributed by atoms with van der Waals surface area (Å²) in [6.45, 7) is 9.97. The average molecular weight is 658 g/mol. The first-order valence-electron chi connectivity index (χ1n) is 14.8. The molecule has 0 radical (unpaired) electrons. The van der Waals surface area contributed by atoms with E-state index in [0.29, 0.717) is 22.4 Å². The van der Waals surface area contributed by atoms with E-state index in [1.165, 1.54) is 31.9 Å². The highest BCUT2D eigenvalue weighted by Gasteiger charge is 2.54. The fourth-order valence-electron chi connectivity index (χ4n) is 5.05. The number of hydrogen-bond donors (Lipinski definition) is 3. The topological polar surface area (TPSA) is 176 Å². The lowest BCUT2D eigenvalue weighted by molar-refractivity contribution is -0.148. The van der Waals surface area contributed by atoms with Crippen LogP contribution in [-0.4, -0.2) is 79.9 Å². The Hall–Kier alpha value is -3.65. The van der Waals surface area contributed by atoms with Crippen LogP contribution >= 0.6 is 7.75 Å². The van der Waals surface area contributed by atoms with E-state index in [1.807, 2.05) is 45.0 Å². The van der Waals surface area contributed by atoms with Gasteiger partial charge in [0.05, 0.1) is 26.7 Å². The number of fused-ring (bicyclic) bond motifs is 2. The maximum absolute atomic E-state index is 14.4. The molecule has 1 aliphatic rings. The Morgan fingerprint density at radius 2 is 1.91 bits per heavy atom. The molecule has 3 N–H and O–H groups in total. The van der Waals surface area contributed by atoms with Crippen LogP contribution in [0.2, 0.25) is 0 Å². The summed E-state index contributed by atoms with van der Waals surface area (Å²) in [6, 6.07) is 11.5. The van der Waals surface area contributed by atoms with Crippen LogP contribution in [-0.2, 0) is 23.4 Å². The van der Waals surface area contributed by atoms with Crippen LogP contribution in [0.15, 0.2) is 48.8 Å². The van der Waals surface area contributed by atoms with Gasteiger partial charge in [-0.05, 0) is 37.6 Å². The van der Waals surface area contributed by atoms with Gasteiger partial charge in [-0.2, -0.15) is 10.1 Å². The van der Waals surface area contributed by atoms with E-state index >= 15 is 0 Å². The molecule has 2 unspecified atom stereocenters. The number of rotatable bonds is 11. The predicted octanol–water partition coefficient (Wildman–Crippen LogP) is 4.08. The van der Waals surface area contributed by atoms with Crippen LogP contribution in [0.25, 0.3) is 21.9 Å². The normalized spacial score (nSPS) is 23.7. The lowest BCUT2D eigenvalue weighted by atomic mass is 9.96. The van der Waals surface area contributed by atoms with E-state index < -0.39 is 50.4 Å². The van der Waals surface area contributed by atoms with Gasteiger partial charge >= 0.3 is 13.7 Å². The highest BCUT2D eigenvalue weighted by molar-refractivity contribution is 7.52. The summed E-state index contributed by atoms with van der Waals surface area (Å²) in [5.41, 5.74) is -1.48. The SMILES string of the molecule is COc1nc(C)nc2c1ncn2C1O[C@H](COP(=O)(N[C@H](C)C(=O)OCC(C)(C)C)Oc2cccc3ccccc23)[C@@H](O)[C@@]1(C)O. The summed E-state index contributed by atoms with van der Waals surface area (Å²) in [7, 11) is -2.90. The van der Waals surface area contributed by atoms with Crippen LogP contribution in [0.1, 0.15) is 46.7 Å². The largest absolute Gasteiger partial charge is 0.479 e. The molecule has 1 saturated heterocycles. The molecule has 0 amide bonds. The molecule has 248 valence electrons. The fourth-order valence-corrected chi connectivity index (χ4v) is 6.58. The number of ether oxygens (including phenoxy) is 3. The minimum atomic E-state index is -4.36. The zero-order valence-electron chi connectivity index (χ0n) is 26.8. The second-order valence-corrected chi connectivity index (χ2v) is 14.4. The Labute approximate surface area is 266 Å². The Morgan fingerprint density at radius 3 is 2.63 bits per heavy atom. The van der Waals surface area contributed by atoms with Crippen molar-refractivity contribution in [2.24, 2.45) is 5.41 Å². The number of aliphatic hydroxyl groups excluding tert-OH is 1. The first-order valence-corrected chi connectivity index (χ1v) is 16.3. The first kappa shape index (κ1) is 33.7. The zero-order valence-corrected chi connectivity index (χ0v) is 27.7. The van der Waals surface area contributed by atoms with Gasteiger partial charge in [-0.3, -0.25) is 13.9 Å². The van der Waals surface area contributed by atoms with Gasteiger partial charge < -0.3 is 28.9 Å². The highest BCUT2D eigenvalue weighted by Crippen LogP contribution is 2.48. The number of benzene rings is 2. The second-order valence-electron chi connectivity index (χ2n) is 12.7. The number of carbonyl (C=O) groups is 1. The maximum Gasteiger partial charge on any atom is 0.459 e. The second kappa shape index (κ2) is 12.9. The standard InChI is InChI=1S/C31H40N5O9P/c1-18(28(38)42-16-30(3,4)5)35-46(40,45-22-14-10-12-20-11-8-9-13-21(20)22)43-15-23-25(37)31(6,39)29(44-23)36-17-32-24-26(36)33-19(2)34-27(24)41-7/h8-14,17-18,23,25,29,37,39H,15-16H2,1-7H3,(H,35,40)/t18-,23-,25-,29?,31-,46?/m1/s1. The Balaban J connectivity index is 1.40.